The fourth-order valence-electron chi connectivity index (χ4n) is 6.79. The summed E-state index contributed by atoms with van der Waals surface area (Å²) in [7, 11) is 0. The Morgan fingerprint density at radius 1 is 0.574 bits per heavy atom. The largest absolute Gasteiger partial charge is 0.508 e. The normalized spacial score (nSPS) is 14.6. The maximum absolute atomic E-state index is 14.4. The molecule has 0 fully saturated rings. The van der Waals surface area contributed by atoms with Gasteiger partial charge in [0, 0.05) is 19.5 Å². The van der Waals surface area contributed by atoms with Gasteiger partial charge in [0.1, 0.15) is 42.0 Å². The van der Waals surface area contributed by atoms with Crippen molar-refractivity contribution in [1.82, 2.24) is 42.5 Å². The van der Waals surface area contributed by atoms with Crippen LogP contribution in [0.15, 0.2) is 24.3 Å². The fraction of sp³-hybridized carbons (Fsp3) is 0.659. The summed E-state index contributed by atoms with van der Waals surface area (Å²) in [6.07, 6.45) is 2.59. The van der Waals surface area contributed by atoms with Gasteiger partial charge in [-0.05, 0) is 107 Å². The van der Waals surface area contributed by atoms with E-state index in [0.29, 0.717) is 37.7 Å². The van der Waals surface area contributed by atoms with Crippen LogP contribution in [0.1, 0.15) is 104 Å². The van der Waals surface area contributed by atoms with Crippen LogP contribution in [0.25, 0.3) is 0 Å². The van der Waals surface area contributed by atoms with E-state index >= 15 is 0 Å². The molecular weight excluding hydrogens is 883 g/mol. The zero-order valence-electron chi connectivity index (χ0n) is 40.0. The van der Waals surface area contributed by atoms with Gasteiger partial charge in [-0.15, -0.1) is 0 Å². The van der Waals surface area contributed by atoms with E-state index in [1.54, 1.807) is 32.9 Å². The summed E-state index contributed by atoms with van der Waals surface area (Å²) in [4.78, 5) is 95.6. The second-order valence-electron chi connectivity index (χ2n) is 17.2. The Hall–Kier alpha value is -6.27. The van der Waals surface area contributed by atoms with Crippen molar-refractivity contribution in [3.8, 4) is 5.75 Å². The first kappa shape index (κ1) is 59.7. The van der Waals surface area contributed by atoms with Crippen LogP contribution in [-0.4, -0.2) is 132 Å². The van der Waals surface area contributed by atoms with E-state index in [1.807, 2.05) is 6.92 Å². The van der Waals surface area contributed by atoms with Crippen LogP contribution < -0.4 is 71.2 Å². The number of aliphatic carboxylic acids is 1. The first-order valence-corrected chi connectivity index (χ1v) is 23.3. The average Bonchev–Trinajstić information content (AvgIpc) is 3.28. The van der Waals surface area contributed by atoms with Crippen LogP contribution in [0.2, 0.25) is 0 Å². The Balaban J connectivity index is 3.59. The monoisotopic (exact) mass is 962 g/mol. The summed E-state index contributed by atoms with van der Waals surface area (Å²) in [5.74, 6) is -6.99. The number of phenolic OH excluding ortho intramolecular Hbond substituents is 1. The maximum Gasteiger partial charge on any atom is 0.326 e. The number of amides is 6. The number of guanidine groups is 2. The molecule has 0 aromatic heterocycles. The molecular formula is C44H79N15O9. The van der Waals surface area contributed by atoms with Crippen molar-refractivity contribution in [2.45, 2.75) is 147 Å². The van der Waals surface area contributed by atoms with E-state index in [9.17, 15) is 43.8 Å². The number of nitrogens with two attached hydrogens (primary N) is 5. The lowest BCUT2D eigenvalue weighted by molar-refractivity contribution is -0.142. The number of benzene rings is 1. The van der Waals surface area contributed by atoms with Gasteiger partial charge in [-0.2, -0.15) is 0 Å². The number of rotatable bonds is 34. The third-order valence-electron chi connectivity index (χ3n) is 11.2. The Labute approximate surface area is 398 Å². The minimum absolute atomic E-state index is 0.0148. The Morgan fingerprint density at radius 2 is 0.971 bits per heavy atom. The third-order valence-corrected chi connectivity index (χ3v) is 11.2. The highest BCUT2D eigenvalue weighted by atomic mass is 16.4. The van der Waals surface area contributed by atoms with E-state index in [2.05, 4.69) is 42.5 Å². The highest BCUT2D eigenvalue weighted by Crippen LogP contribution is 2.15. The van der Waals surface area contributed by atoms with Crippen LogP contribution in [0.5, 0.6) is 5.75 Å². The number of unbranched alkanes of at least 4 members (excludes halogenated alkanes) is 2. The van der Waals surface area contributed by atoms with Crippen molar-refractivity contribution in [3.63, 3.8) is 0 Å². The standard InChI is InChI=1S/C44H79N15O9/c1-5-26(4)35(59-40(65)34(47)25(2)3)41(66)58-33(24-27-16-18-28(60)19-17-27)39(64)56-31(14-10-22-52-43(48)49)37(62)54-29(12-6-8-20-45)36(61)55-30(13-7-9-21-46)38(63)57-32(42(67)68)15-11-23-53-44(50)51/h16-19,25-26,29-35,60H,5-15,20-24,45-47H2,1-4H3,(H,54,62)(H,55,61)(H,56,64)(H,57,63)(H,58,66)(H,59,65)(H,67,68)(H4,48,49,52)(H4,50,51,53)/t26-,29-,30-,31-,32-,33-,34-,35-/m0/s1. The highest BCUT2D eigenvalue weighted by molar-refractivity contribution is 5.97. The summed E-state index contributed by atoms with van der Waals surface area (Å²) in [5.41, 5.74) is 28.8. The number of hydrogen-bond acceptors (Lipinski definition) is 13. The number of hydrogen-bond donors (Lipinski definition) is 17. The average molecular weight is 962 g/mol. The molecule has 0 bridgehead atoms. The third kappa shape index (κ3) is 23.5. The maximum atomic E-state index is 14.4. The topological polar surface area (TPSA) is 434 Å². The molecule has 0 aliphatic heterocycles. The van der Waals surface area contributed by atoms with Gasteiger partial charge in [0.25, 0.3) is 0 Å². The van der Waals surface area contributed by atoms with Crippen molar-refractivity contribution in [2.24, 2.45) is 40.5 Å². The van der Waals surface area contributed by atoms with Gasteiger partial charge in [0.15, 0.2) is 11.9 Å². The molecule has 22 N–H and O–H groups in total. The molecule has 0 aliphatic carbocycles. The summed E-state index contributed by atoms with van der Waals surface area (Å²) in [6.45, 7) is 7.99. The van der Waals surface area contributed by atoms with Gasteiger partial charge >= 0.3 is 5.97 Å². The molecule has 0 saturated heterocycles. The van der Waals surface area contributed by atoms with Gasteiger partial charge < -0.3 is 81.4 Å². The van der Waals surface area contributed by atoms with Crippen LogP contribution in [-0.2, 0) is 40.0 Å². The van der Waals surface area contributed by atoms with Crippen LogP contribution in [0.4, 0.5) is 0 Å². The Kier molecular flexibility index (Phi) is 28.5. The Morgan fingerprint density at radius 3 is 1.37 bits per heavy atom. The lowest BCUT2D eigenvalue weighted by atomic mass is 9.95. The first-order valence-electron chi connectivity index (χ1n) is 23.3. The first-order chi connectivity index (χ1) is 32.1. The molecule has 384 valence electrons. The van der Waals surface area contributed by atoms with Crippen LogP contribution in [0, 0.1) is 22.7 Å². The number of carbonyl (C=O) groups excluding carboxylic acids is 6. The van der Waals surface area contributed by atoms with Crippen molar-refractivity contribution >= 4 is 53.3 Å². The van der Waals surface area contributed by atoms with Gasteiger partial charge in [0.05, 0.1) is 6.04 Å². The molecule has 0 saturated carbocycles. The molecule has 0 spiro atoms. The lowest BCUT2D eigenvalue weighted by Crippen LogP contribution is -2.61. The molecule has 1 aromatic rings. The fourth-order valence-corrected chi connectivity index (χ4v) is 6.79. The molecule has 24 nitrogen and oxygen atoms in total. The van der Waals surface area contributed by atoms with Crippen molar-refractivity contribution in [1.29, 1.82) is 10.8 Å². The van der Waals surface area contributed by atoms with Gasteiger partial charge in [0.2, 0.25) is 35.4 Å². The summed E-state index contributed by atoms with van der Waals surface area (Å²) in [5, 5.41) is 55.9. The number of aromatic hydroxyl groups is 1. The molecule has 1 rings (SSSR count). The predicted octanol–water partition coefficient (Wildman–Crippen LogP) is -2.26. The van der Waals surface area contributed by atoms with E-state index in [-0.39, 0.29) is 94.7 Å². The molecule has 6 amide bonds. The second kappa shape index (κ2) is 32.4. The summed E-state index contributed by atoms with van der Waals surface area (Å²) < 4.78 is 0. The predicted molar refractivity (Wildman–Crippen MR) is 257 cm³/mol. The summed E-state index contributed by atoms with van der Waals surface area (Å²) in [6, 6.07) is -2.60. The zero-order chi connectivity index (χ0) is 51.3. The molecule has 24 heteroatoms. The number of phenols is 1. The molecule has 68 heavy (non-hydrogen) atoms. The second-order valence-corrected chi connectivity index (χ2v) is 17.2. The van der Waals surface area contributed by atoms with E-state index < -0.39 is 89.6 Å². The lowest BCUT2D eigenvalue weighted by Gasteiger charge is -2.29. The molecule has 0 unspecified atom stereocenters. The number of carboxylic acids is 1. The van der Waals surface area contributed by atoms with Gasteiger partial charge in [-0.1, -0.05) is 46.2 Å². The smallest absolute Gasteiger partial charge is 0.326 e. The molecule has 1 aromatic carbocycles. The van der Waals surface area contributed by atoms with Crippen molar-refractivity contribution < 1.29 is 43.8 Å². The zero-order valence-corrected chi connectivity index (χ0v) is 40.0. The van der Waals surface area contributed by atoms with Crippen LogP contribution >= 0.6 is 0 Å². The van der Waals surface area contributed by atoms with Crippen molar-refractivity contribution in [2.75, 3.05) is 26.2 Å². The quantitative estimate of drug-likeness (QED) is 0.0197. The number of carbonyl (C=O) groups is 7. The molecule has 0 aliphatic rings. The SMILES string of the molecule is CC[C@H](C)[C@H](NC(=O)[C@@H](N)C(C)C)C(=O)N[C@@H](Cc1ccc(O)cc1)C(=O)N[C@@H](CCCNC(=N)N)C(=O)N[C@@H](CCCCN)C(=O)N[C@@H](CCCCN)C(=O)N[C@@H](CCCNC(=N)N)C(=O)O. The summed E-state index contributed by atoms with van der Waals surface area (Å²) >= 11 is 0. The van der Waals surface area contributed by atoms with E-state index in [0.717, 1.165) is 0 Å². The molecule has 0 heterocycles. The Bertz CT molecular complexity index is 1790. The number of carboxylic acid groups (broad SMARTS) is 1. The molecule has 0 radical (unpaired) electrons. The van der Waals surface area contributed by atoms with E-state index in [4.69, 9.17) is 39.5 Å². The molecule has 8 atom stereocenters. The highest BCUT2D eigenvalue weighted by Gasteiger charge is 2.35. The number of nitrogens with one attached hydrogen (secondary N) is 10. The minimum atomic E-state index is -1.34. The van der Waals surface area contributed by atoms with Gasteiger partial charge in [-0.25, -0.2) is 4.79 Å². The van der Waals surface area contributed by atoms with Crippen molar-refractivity contribution in [3.05, 3.63) is 29.8 Å². The van der Waals surface area contributed by atoms with Gasteiger partial charge in [-0.3, -0.25) is 39.6 Å². The minimum Gasteiger partial charge on any atom is -0.508 e. The van der Waals surface area contributed by atoms with Crippen LogP contribution in [0.3, 0.4) is 0 Å². The van der Waals surface area contributed by atoms with E-state index in [1.165, 1.54) is 12.1 Å².